The van der Waals surface area contributed by atoms with Gasteiger partial charge in [0.2, 0.25) is 10.0 Å². The Morgan fingerprint density at radius 2 is 1.70 bits per heavy atom. The summed E-state index contributed by atoms with van der Waals surface area (Å²) < 4.78 is 104. The van der Waals surface area contributed by atoms with Crippen LogP contribution in [-0.4, -0.2) is 62.8 Å². The Balaban J connectivity index is 1.62. The first-order valence-electron chi connectivity index (χ1n) is 13.7. The average Bonchev–Trinajstić information content (AvgIpc) is 2.92. The van der Waals surface area contributed by atoms with E-state index in [4.69, 9.17) is 4.74 Å². The first-order chi connectivity index (χ1) is 20.0. The predicted molar refractivity (Wildman–Crippen MR) is 148 cm³/mol. The Morgan fingerprint density at radius 3 is 2.33 bits per heavy atom. The Bertz CT molecular complexity index is 1630. The molecule has 1 aliphatic heterocycles. The maximum Gasteiger partial charge on any atom is 0.534 e. The molecule has 0 radical (unpaired) electrons. The number of alkyl halides is 3. The number of halogens is 3. The Labute approximate surface area is 248 Å². The molecule has 0 unspecified atom stereocenters. The van der Waals surface area contributed by atoms with Crippen LogP contribution in [0.25, 0.3) is 0 Å². The summed E-state index contributed by atoms with van der Waals surface area (Å²) in [6.45, 7) is 3.38. The average molecular weight is 644 g/mol. The van der Waals surface area contributed by atoms with E-state index >= 15 is 0 Å². The van der Waals surface area contributed by atoms with Gasteiger partial charge in [-0.05, 0) is 54.9 Å². The van der Waals surface area contributed by atoms with E-state index in [1.807, 2.05) is 30.3 Å². The van der Waals surface area contributed by atoms with E-state index in [9.17, 15) is 39.9 Å². The standard InChI is InChI=1S/C29H32F3NO8S2/c1-19-8-10-23(11-9-19)42(36,37)33-17-21-14-24(34)26(35)28(12-13-40-18-20-6-4-3-5-7-20)25(33)15-22(16-27(21,28)2)41-43(38,39)29(30,31)32/h3-11,15,21,24-25,34H,12-14,16-18H2,1-2H3/t21-,24+,25+,27+,28-/m1/s1. The molecule has 2 fully saturated rings. The van der Waals surface area contributed by atoms with Crippen LogP contribution >= 0.6 is 0 Å². The molecule has 0 spiro atoms. The molecule has 4 bridgehead atoms. The normalized spacial score (nSPS) is 29.7. The number of Topliss-reactive ketones (excluding diaryl/α,β-unsaturated/α-hetero) is 1. The van der Waals surface area contributed by atoms with Gasteiger partial charge in [0.1, 0.15) is 11.9 Å². The van der Waals surface area contributed by atoms with Crippen LogP contribution in [0.1, 0.15) is 37.3 Å². The molecule has 2 aromatic rings. The lowest BCUT2D eigenvalue weighted by atomic mass is 9.43. The van der Waals surface area contributed by atoms with Gasteiger partial charge in [-0.1, -0.05) is 55.0 Å². The summed E-state index contributed by atoms with van der Waals surface area (Å²) in [5.74, 6) is -2.01. The summed E-state index contributed by atoms with van der Waals surface area (Å²) in [5, 5.41) is 10.9. The zero-order valence-electron chi connectivity index (χ0n) is 23.5. The summed E-state index contributed by atoms with van der Waals surface area (Å²) in [7, 11) is -10.4. The van der Waals surface area contributed by atoms with Crippen molar-refractivity contribution in [1.29, 1.82) is 0 Å². The van der Waals surface area contributed by atoms with Crippen molar-refractivity contribution in [3.8, 4) is 0 Å². The highest BCUT2D eigenvalue weighted by Gasteiger charge is 2.71. The largest absolute Gasteiger partial charge is 0.534 e. The molecule has 1 heterocycles. The van der Waals surface area contributed by atoms with Crippen LogP contribution in [0.5, 0.6) is 0 Å². The summed E-state index contributed by atoms with van der Waals surface area (Å²) in [6, 6.07) is 13.6. The number of ether oxygens (including phenoxy) is 1. The van der Waals surface area contributed by atoms with E-state index in [1.54, 1.807) is 26.0 Å². The molecule has 2 aromatic carbocycles. The van der Waals surface area contributed by atoms with Crippen LogP contribution < -0.4 is 0 Å². The van der Waals surface area contributed by atoms with Crippen molar-refractivity contribution in [2.24, 2.45) is 16.7 Å². The number of rotatable bonds is 9. The second kappa shape index (κ2) is 11.0. The number of hydrogen-bond donors (Lipinski definition) is 1. The van der Waals surface area contributed by atoms with Gasteiger partial charge in [0.25, 0.3) is 0 Å². The Morgan fingerprint density at radius 1 is 1.05 bits per heavy atom. The number of aliphatic hydroxyl groups excluding tert-OH is 1. The summed E-state index contributed by atoms with van der Waals surface area (Å²) in [6.07, 6.45) is -1.09. The van der Waals surface area contributed by atoms with Crippen LogP contribution in [0.4, 0.5) is 13.2 Å². The number of ketones is 1. The maximum absolute atomic E-state index is 14.1. The molecule has 5 atom stereocenters. The highest BCUT2D eigenvalue weighted by Crippen LogP contribution is 2.65. The number of hydrogen-bond acceptors (Lipinski definition) is 8. The SMILES string of the molecule is Cc1ccc(S(=O)(=O)N2C[C@H]3C[C@H](O)C(=O)[C@@]4(CCOCc5ccccc5)[C@@H]2C=C(OS(=O)(=O)C(F)(F)F)C[C@@]34C)cc1. The number of carbonyl (C=O) groups excluding carboxylic acids is 1. The lowest BCUT2D eigenvalue weighted by Crippen LogP contribution is -2.74. The van der Waals surface area contributed by atoms with Crippen molar-refractivity contribution in [3.63, 3.8) is 0 Å². The minimum Gasteiger partial charge on any atom is -0.385 e. The Kier molecular flexibility index (Phi) is 8.08. The zero-order valence-corrected chi connectivity index (χ0v) is 25.1. The van der Waals surface area contributed by atoms with E-state index in [2.05, 4.69) is 4.18 Å². The lowest BCUT2D eigenvalue weighted by Gasteiger charge is -2.66. The molecule has 43 heavy (non-hydrogen) atoms. The molecule has 1 saturated carbocycles. The van der Waals surface area contributed by atoms with Crippen LogP contribution in [0.2, 0.25) is 0 Å². The Hall–Kier alpha value is -2.78. The van der Waals surface area contributed by atoms with Gasteiger partial charge in [0, 0.05) is 19.6 Å². The molecule has 1 saturated heterocycles. The molecule has 234 valence electrons. The fourth-order valence-corrected chi connectivity index (χ4v) is 9.09. The van der Waals surface area contributed by atoms with Gasteiger partial charge in [-0.15, -0.1) is 0 Å². The molecular formula is C29H32F3NO8S2. The fourth-order valence-electron chi connectivity index (χ4n) is 6.93. The van der Waals surface area contributed by atoms with Crippen molar-refractivity contribution in [2.75, 3.05) is 13.2 Å². The third-order valence-electron chi connectivity index (χ3n) is 9.15. The van der Waals surface area contributed by atoms with E-state index in [0.29, 0.717) is 0 Å². The van der Waals surface area contributed by atoms with Gasteiger partial charge in [-0.25, -0.2) is 8.42 Å². The van der Waals surface area contributed by atoms with Crippen molar-refractivity contribution in [2.45, 2.75) is 62.3 Å². The molecule has 1 N–H and O–H groups in total. The quantitative estimate of drug-likeness (QED) is 0.246. The van der Waals surface area contributed by atoms with Gasteiger partial charge >= 0.3 is 15.6 Å². The monoisotopic (exact) mass is 643 g/mol. The number of piperidine rings is 1. The van der Waals surface area contributed by atoms with Crippen LogP contribution in [0.3, 0.4) is 0 Å². The first kappa shape index (κ1) is 31.6. The highest BCUT2D eigenvalue weighted by molar-refractivity contribution is 7.89. The molecule has 14 heteroatoms. The number of allylic oxidation sites excluding steroid dienone is 1. The summed E-state index contributed by atoms with van der Waals surface area (Å²) >= 11 is 0. The number of sulfonamides is 1. The number of carbonyl (C=O) groups is 1. The van der Waals surface area contributed by atoms with Crippen LogP contribution in [0.15, 0.2) is 71.3 Å². The minimum atomic E-state index is -6.08. The van der Waals surface area contributed by atoms with Crippen LogP contribution in [-0.2, 0) is 40.5 Å². The van der Waals surface area contributed by atoms with Crippen molar-refractivity contribution < 1.29 is 48.8 Å². The number of aryl methyl sites for hydroxylation is 1. The summed E-state index contributed by atoms with van der Waals surface area (Å²) in [5.41, 5.74) is -7.01. The smallest absolute Gasteiger partial charge is 0.385 e. The third kappa shape index (κ3) is 5.30. The van der Waals surface area contributed by atoms with E-state index < -0.39 is 66.1 Å². The number of aliphatic hydroxyl groups is 1. The molecule has 0 amide bonds. The van der Waals surface area contributed by atoms with Gasteiger partial charge in [-0.2, -0.15) is 25.9 Å². The molecule has 3 aliphatic rings. The van der Waals surface area contributed by atoms with Crippen molar-refractivity contribution in [1.82, 2.24) is 4.31 Å². The number of nitrogens with zero attached hydrogens (tertiary/aromatic N) is 1. The fraction of sp³-hybridized carbons (Fsp3) is 0.483. The first-order valence-corrected chi connectivity index (χ1v) is 16.5. The topological polar surface area (TPSA) is 127 Å². The molecular weight excluding hydrogens is 611 g/mol. The van der Waals surface area contributed by atoms with E-state index in [1.165, 1.54) is 12.1 Å². The molecule has 0 aromatic heterocycles. The third-order valence-corrected chi connectivity index (χ3v) is 12.0. The lowest BCUT2D eigenvalue weighted by molar-refractivity contribution is -0.189. The number of benzene rings is 2. The minimum absolute atomic E-state index is 0.0462. The van der Waals surface area contributed by atoms with Crippen molar-refractivity contribution >= 4 is 25.9 Å². The van der Waals surface area contributed by atoms with Crippen LogP contribution in [0, 0.1) is 23.7 Å². The zero-order chi connectivity index (χ0) is 31.4. The highest BCUT2D eigenvalue weighted by atomic mass is 32.2. The van der Waals surface area contributed by atoms with E-state index in [0.717, 1.165) is 21.5 Å². The van der Waals surface area contributed by atoms with Gasteiger partial charge in [-0.3, -0.25) is 4.79 Å². The second-order valence-electron chi connectivity index (χ2n) is 11.6. The molecule has 9 nitrogen and oxygen atoms in total. The van der Waals surface area contributed by atoms with Gasteiger partial charge in [0.05, 0.1) is 23.0 Å². The van der Waals surface area contributed by atoms with Crippen molar-refractivity contribution in [3.05, 3.63) is 77.6 Å². The van der Waals surface area contributed by atoms with E-state index in [-0.39, 0.29) is 43.9 Å². The van der Waals surface area contributed by atoms with Gasteiger partial charge < -0.3 is 14.0 Å². The maximum atomic E-state index is 14.1. The van der Waals surface area contributed by atoms with Gasteiger partial charge in [0.15, 0.2) is 5.78 Å². The second-order valence-corrected chi connectivity index (χ2v) is 15.0. The molecule has 2 aliphatic carbocycles. The predicted octanol–water partition coefficient (Wildman–Crippen LogP) is 4.07. The molecule has 5 rings (SSSR count). The summed E-state index contributed by atoms with van der Waals surface area (Å²) in [4.78, 5) is 13.9.